The third-order valence-corrected chi connectivity index (χ3v) is 4.84. The summed E-state index contributed by atoms with van der Waals surface area (Å²) in [6.45, 7) is 3.47. The molecule has 2 fully saturated rings. The molecule has 1 aromatic rings. The molecule has 3 rings (SSSR count). The lowest BCUT2D eigenvalue weighted by atomic mass is 9.79. The SMILES string of the molecule is Cc1cccc(OC(C)C(=O)NNC(=O)[C@H]2C(C(=O)O)[C@H]3CC[C@@H]2O3)c1. The first-order chi connectivity index (χ1) is 12.4. The van der Waals surface area contributed by atoms with Crippen molar-refractivity contribution in [3.63, 3.8) is 0 Å². The molecule has 5 atom stereocenters. The fourth-order valence-electron chi connectivity index (χ4n) is 3.58. The van der Waals surface area contributed by atoms with Gasteiger partial charge in [0.25, 0.3) is 5.91 Å². The van der Waals surface area contributed by atoms with E-state index in [2.05, 4.69) is 10.9 Å². The Balaban J connectivity index is 1.54. The number of carbonyl (C=O) groups is 3. The van der Waals surface area contributed by atoms with Crippen LogP contribution in [0.15, 0.2) is 24.3 Å². The van der Waals surface area contributed by atoms with Crippen LogP contribution in [-0.2, 0) is 19.1 Å². The summed E-state index contributed by atoms with van der Waals surface area (Å²) in [6, 6.07) is 7.26. The van der Waals surface area contributed by atoms with E-state index in [9.17, 15) is 19.5 Å². The Morgan fingerprint density at radius 2 is 1.88 bits per heavy atom. The Hall–Kier alpha value is -2.61. The number of amides is 2. The first-order valence-electron chi connectivity index (χ1n) is 8.58. The molecule has 0 spiro atoms. The highest BCUT2D eigenvalue weighted by molar-refractivity contribution is 5.89. The molecule has 26 heavy (non-hydrogen) atoms. The monoisotopic (exact) mass is 362 g/mol. The van der Waals surface area contributed by atoms with Crippen LogP contribution in [0.5, 0.6) is 5.75 Å². The smallest absolute Gasteiger partial charge is 0.310 e. The number of aliphatic carboxylic acids is 1. The van der Waals surface area contributed by atoms with Gasteiger partial charge in [0.05, 0.1) is 24.0 Å². The predicted octanol–water partition coefficient (Wildman–Crippen LogP) is 0.788. The van der Waals surface area contributed by atoms with Gasteiger partial charge in [0.2, 0.25) is 5.91 Å². The van der Waals surface area contributed by atoms with Gasteiger partial charge in [0.1, 0.15) is 5.75 Å². The van der Waals surface area contributed by atoms with Crippen LogP contribution in [0.1, 0.15) is 25.3 Å². The van der Waals surface area contributed by atoms with Gasteiger partial charge in [-0.15, -0.1) is 0 Å². The summed E-state index contributed by atoms with van der Waals surface area (Å²) in [5.74, 6) is -3.28. The fourth-order valence-corrected chi connectivity index (χ4v) is 3.58. The second-order valence-electron chi connectivity index (χ2n) is 6.74. The van der Waals surface area contributed by atoms with Crippen LogP contribution in [0.25, 0.3) is 0 Å². The van der Waals surface area contributed by atoms with E-state index < -0.39 is 47.9 Å². The molecule has 2 aliphatic rings. The van der Waals surface area contributed by atoms with Crippen molar-refractivity contribution in [2.45, 2.75) is 45.0 Å². The van der Waals surface area contributed by atoms with Crippen molar-refractivity contribution >= 4 is 17.8 Å². The highest BCUT2D eigenvalue weighted by Crippen LogP contribution is 2.43. The fraction of sp³-hybridized carbons (Fsp3) is 0.500. The number of rotatable bonds is 5. The van der Waals surface area contributed by atoms with E-state index in [4.69, 9.17) is 9.47 Å². The lowest BCUT2D eigenvalue weighted by molar-refractivity contribution is -0.148. The number of aryl methyl sites for hydroxylation is 1. The summed E-state index contributed by atoms with van der Waals surface area (Å²) in [5.41, 5.74) is 5.61. The minimum atomic E-state index is -1.06. The first-order valence-corrected chi connectivity index (χ1v) is 8.58. The van der Waals surface area contributed by atoms with Crippen molar-refractivity contribution in [2.24, 2.45) is 11.8 Å². The van der Waals surface area contributed by atoms with E-state index in [1.165, 1.54) is 0 Å². The van der Waals surface area contributed by atoms with Gasteiger partial charge in [-0.05, 0) is 44.4 Å². The van der Waals surface area contributed by atoms with E-state index in [-0.39, 0.29) is 0 Å². The summed E-state index contributed by atoms with van der Waals surface area (Å²) in [7, 11) is 0. The summed E-state index contributed by atoms with van der Waals surface area (Å²) >= 11 is 0. The summed E-state index contributed by atoms with van der Waals surface area (Å²) in [6.07, 6.45) is -0.401. The zero-order valence-electron chi connectivity index (χ0n) is 14.6. The van der Waals surface area contributed by atoms with Crippen LogP contribution in [0, 0.1) is 18.8 Å². The first kappa shape index (κ1) is 18.2. The van der Waals surface area contributed by atoms with Crippen LogP contribution in [0.2, 0.25) is 0 Å². The van der Waals surface area contributed by atoms with Crippen molar-refractivity contribution in [3.8, 4) is 5.75 Å². The molecule has 2 heterocycles. The summed E-state index contributed by atoms with van der Waals surface area (Å²) in [5, 5.41) is 9.34. The number of carboxylic acid groups (broad SMARTS) is 1. The van der Waals surface area contributed by atoms with Gasteiger partial charge in [-0.2, -0.15) is 0 Å². The van der Waals surface area contributed by atoms with Crippen molar-refractivity contribution in [1.82, 2.24) is 10.9 Å². The summed E-state index contributed by atoms with van der Waals surface area (Å²) in [4.78, 5) is 35.9. The predicted molar refractivity (Wildman–Crippen MR) is 90.1 cm³/mol. The van der Waals surface area contributed by atoms with Crippen molar-refractivity contribution in [1.29, 1.82) is 0 Å². The maximum absolute atomic E-state index is 12.4. The van der Waals surface area contributed by atoms with E-state index >= 15 is 0 Å². The average molecular weight is 362 g/mol. The number of hydrazine groups is 1. The van der Waals surface area contributed by atoms with Gasteiger partial charge in [-0.1, -0.05) is 12.1 Å². The van der Waals surface area contributed by atoms with Gasteiger partial charge in [0, 0.05) is 0 Å². The minimum absolute atomic E-state index is 0.418. The Morgan fingerprint density at radius 3 is 2.54 bits per heavy atom. The molecule has 140 valence electrons. The lowest BCUT2D eigenvalue weighted by Crippen LogP contribution is -2.52. The normalized spacial score (nSPS) is 27.6. The lowest BCUT2D eigenvalue weighted by Gasteiger charge is -2.24. The van der Waals surface area contributed by atoms with Crippen LogP contribution in [0.3, 0.4) is 0 Å². The van der Waals surface area contributed by atoms with Gasteiger partial charge in [-0.25, -0.2) is 0 Å². The molecule has 8 nitrogen and oxygen atoms in total. The second kappa shape index (κ2) is 7.33. The molecule has 0 radical (unpaired) electrons. The molecule has 8 heteroatoms. The Kier molecular flexibility index (Phi) is 5.13. The number of carbonyl (C=O) groups excluding carboxylic acids is 2. The molecule has 1 aromatic carbocycles. The molecule has 3 N–H and O–H groups in total. The number of benzene rings is 1. The highest BCUT2D eigenvalue weighted by atomic mass is 16.5. The molecule has 2 bridgehead atoms. The largest absolute Gasteiger partial charge is 0.481 e. The Labute approximate surface area is 150 Å². The molecule has 2 saturated heterocycles. The number of hydrogen-bond acceptors (Lipinski definition) is 5. The molecule has 2 unspecified atom stereocenters. The van der Waals surface area contributed by atoms with Crippen LogP contribution in [0.4, 0.5) is 0 Å². The molecular weight excluding hydrogens is 340 g/mol. The third kappa shape index (κ3) is 3.65. The van der Waals surface area contributed by atoms with E-state index in [1.54, 1.807) is 19.1 Å². The number of nitrogens with one attached hydrogen (secondary N) is 2. The van der Waals surface area contributed by atoms with Gasteiger partial charge < -0.3 is 14.6 Å². The molecule has 2 aliphatic heterocycles. The van der Waals surface area contributed by atoms with Crippen LogP contribution in [-0.4, -0.2) is 41.2 Å². The zero-order valence-corrected chi connectivity index (χ0v) is 14.6. The summed E-state index contributed by atoms with van der Waals surface area (Å²) < 4.78 is 11.1. The molecule has 0 saturated carbocycles. The van der Waals surface area contributed by atoms with E-state index in [0.29, 0.717) is 18.6 Å². The standard InChI is InChI=1S/C18H22N2O6/c1-9-4-3-5-11(8-9)25-10(2)16(21)19-20-17(22)14-12-6-7-13(26-12)15(14)18(23)24/h3-5,8,10,12-15H,6-7H2,1-2H3,(H,19,21)(H,20,22)(H,23,24)/t10?,12-,13+,14+,15?/m0/s1. The number of fused-ring (bicyclic) bond motifs is 2. The van der Waals surface area contributed by atoms with Crippen molar-refractivity contribution in [2.75, 3.05) is 0 Å². The van der Waals surface area contributed by atoms with Gasteiger partial charge in [-0.3, -0.25) is 25.2 Å². The molecule has 2 amide bonds. The van der Waals surface area contributed by atoms with E-state index in [0.717, 1.165) is 5.56 Å². The van der Waals surface area contributed by atoms with Crippen LogP contribution >= 0.6 is 0 Å². The molecular formula is C18H22N2O6. The third-order valence-electron chi connectivity index (χ3n) is 4.84. The van der Waals surface area contributed by atoms with E-state index in [1.807, 2.05) is 19.1 Å². The van der Waals surface area contributed by atoms with Crippen LogP contribution < -0.4 is 15.6 Å². The number of hydrogen-bond donors (Lipinski definition) is 3. The highest BCUT2D eigenvalue weighted by Gasteiger charge is 2.55. The average Bonchev–Trinajstić information content (AvgIpc) is 3.20. The number of ether oxygens (including phenoxy) is 2. The molecule has 0 aliphatic carbocycles. The Bertz CT molecular complexity index is 721. The topological polar surface area (TPSA) is 114 Å². The maximum atomic E-state index is 12.4. The molecule has 0 aromatic heterocycles. The second-order valence-corrected chi connectivity index (χ2v) is 6.74. The number of carboxylic acids is 1. The van der Waals surface area contributed by atoms with Gasteiger partial charge >= 0.3 is 5.97 Å². The Morgan fingerprint density at radius 1 is 1.19 bits per heavy atom. The van der Waals surface area contributed by atoms with Gasteiger partial charge in [0.15, 0.2) is 6.10 Å². The maximum Gasteiger partial charge on any atom is 0.310 e. The zero-order chi connectivity index (χ0) is 18.8. The van der Waals surface area contributed by atoms with Crippen molar-refractivity contribution in [3.05, 3.63) is 29.8 Å². The van der Waals surface area contributed by atoms with Crippen molar-refractivity contribution < 1.29 is 29.0 Å². The quantitative estimate of drug-likeness (QED) is 0.667. The minimum Gasteiger partial charge on any atom is -0.481 e.